The van der Waals surface area contributed by atoms with Gasteiger partial charge in [-0.25, -0.2) is 4.98 Å². The van der Waals surface area contributed by atoms with E-state index in [2.05, 4.69) is 15.0 Å². The van der Waals surface area contributed by atoms with Crippen LogP contribution in [0.4, 0.5) is 18.9 Å². The number of aromatic nitrogens is 1. The quantitative estimate of drug-likeness (QED) is 0.846. The van der Waals surface area contributed by atoms with Gasteiger partial charge in [0, 0.05) is 12.3 Å². The number of anilines is 1. The van der Waals surface area contributed by atoms with Gasteiger partial charge in [0.2, 0.25) is 5.88 Å². The van der Waals surface area contributed by atoms with E-state index < -0.39 is 18.7 Å². The highest BCUT2D eigenvalue weighted by Gasteiger charge is 2.28. The van der Waals surface area contributed by atoms with E-state index in [1.807, 2.05) is 0 Å². The van der Waals surface area contributed by atoms with Gasteiger partial charge in [-0.2, -0.15) is 13.2 Å². The lowest BCUT2D eigenvalue weighted by Gasteiger charge is -2.09. The number of amides is 1. The molecular formula is C15H13F3N2O3. The van der Waals surface area contributed by atoms with Crippen molar-refractivity contribution in [3.05, 3.63) is 47.7 Å². The Labute approximate surface area is 129 Å². The molecule has 0 saturated carbocycles. The van der Waals surface area contributed by atoms with E-state index in [-0.39, 0.29) is 22.9 Å². The van der Waals surface area contributed by atoms with Crippen LogP contribution in [0.1, 0.15) is 15.9 Å². The standard InChI is InChI=1S/C15H13F3N2O3/c1-9-2-4-11(12(21)6-9)20-14(22)10-3-5-13(19-7-10)23-8-15(16,17)18/h2-7,21H,8H2,1H3,(H,20,22). The lowest BCUT2D eigenvalue weighted by atomic mass is 10.2. The van der Waals surface area contributed by atoms with Gasteiger partial charge in [0.25, 0.3) is 5.91 Å². The summed E-state index contributed by atoms with van der Waals surface area (Å²) in [6.45, 7) is 0.331. The molecule has 122 valence electrons. The zero-order chi connectivity index (χ0) is 17.0. The average molecular weight is 326 g/mol. The smallest absolute Gasteiger partial charge is 0.422 e. The summed E-state index contributed by atoms with van der Waals surface area (Å²) < 4.78 is 40.5. The molecule has 1 aromatic carbocycles. The number of pyridine rings is 1. The minimum absolute atomic E-state index is 0.0866. The molecule has 0 aliphatic carbocycles. The van der Waals surface area contributed by atoms with Crippen molar-refractivity contribution in [3.8, 4) is 11.6 Å². The number of nitrogens with one attached hydrogen (secondary N) is 1. The van der Waals surface area contributed by atoms with Crippen LogP contribution in [0.5, 0.6) is 11.6 Å². The predicted molar refractivity (Wildman–Crippen MR) is 76.6 cm³/mol. The van der Waals surface area contributed by atoms with Crippen LogP contribution in [0, 0.1) is 6.92 Å². The van der Waals surface area contributed by atoms with Gasteiger partial charge in [0.15, 0.2) is 6.61 Å². The first kappa shape index (κ1) is 16.6. The maximum absolute atomic E-state index is 12.0. The van der Waals surface area contributed by atoms with E-state index in [0.717, 1.165) is 17.8 Å². The van der Waals surface area contributed by atoms with Crippen molar-refractivity contribution in [2.45, 2.75) is 13.1 Å². The number of aromatic hydroxyl groups is 1. The van der Waals surface area contributed by atoms with Crippen LogP contribution in [0.2, 0.25) is 0 Å². The molecule has 23 heavy (non-hydrogen) atoms. The molecule has 0 spiro atoms. The maximum Gasteiger partial charge on any atom is 0.422 e. The molecule has 0 saturated heterocycles. The summed E-state index contributed by atoms with van der Waals surface area (Å²) in [6, 6.07) is 7.18. The van der Waals surface area contributed by atoms with Crippen LogP contribution in [0.25, 0.3) is 0 Å². The molecule has 0 aliphatic rings. The number of benzene rings is 1. The number of aryl methyl sites for hydroxylation is 1. The summed E-state index contributed by atoms with van der Waals surface area (Å²) in [6.07, 6.45) is -3.37. The third kappa shape index (κ3) is 4.87. The second-order valence-electron chi connectivity index (χ2n) is 4.76. The summed E-state index contributed by atoms with van der Waals surface area (Å²) in [5.41, 5.74) is 1.16. The number of rotatable bonds is 4. The normalized spacial score (nSPS) is 11.1. The van der Waals surface area contributed by atoms with Gasteiger partial charge < -0.3 is 15.2 Å². The summed E-state index contributed by atoms with van der Waals surface area (Å²) >= 11 is 0. The number of carbonyl (C=O) groups excluding carboxylic acids is 1. The zero-order valence-electron chi connectivity index (χ0n) is 12.0. The molecule has 5 nitrogen and oxygen atoms in total. The number of hydrogen-bond donors (Lipinski definition) is 2. The molecule has 0 atom stereocenters. The van der Waals surface area contributed by atoms with Crippen LogP contribution >= 0.6 is 0 Å². The number of phenolic OH excluding ortho intramolecular Hbond substituents is 1. The molecule has 8 heteroatoms. The molecule has 0 fully saturated rings. The highest BCUT2D eigenvalue weighted by Crippen LogP contribution is 2.24. The largest absolute Gasteiger partial charge is 0.506 e. The van der Waals surface area contributed by atoms with E-state index in [0.29, 0.717) is 0 Å². The van der Waals surface area contributed by atoms with Gasteiger partial charge in [0.05, 0.1) is 11.3 Å². The summed E-state index contributed by atoms with van der Waals surface area (Å²) in [4.78, 5) is 15.6. The van der Waals surface area contributed by atoms with E-state index in [1.54, 1.807) is 13.0 Å². The van der Waals surface area contributed by atoms with E-state index in [4.69, 9.17) is 0 Å². The van der Waals surface area contributed by atoms with Crippen molar-refractivity contribution in [1.29, 1.82) is 0 Å². The van der Waals surface area contributed by atoms with E-state index >= 15 is 0 Å². The first-order valence-corrected chi connectivity index (χ1v) is 6.51. The molecule has 0 aliphatic heterocycles. The van der Waals surface area contributed by atoms with Crippen LogP contribution in [0.15, 0.2) is 36.5 Å². The Bertz CT molecular complexity index is 700. The molecule has 0 radical (unpaired) electrons. The second-order valence-corrected chi connectivity index (χ2v) is 4.76. The fourth-order valence-electron chi connectivity index (χ4n) is 1.70. The molecule has 2 rings (SSSR count). The minimum Gasteiger partial charge on any atom is -0.506 e. The number of hydrogen-bond acceptors (Lipinski definition) is 4. The monoisotopic (exact) mass is 326 g/mol. The fourth-order valence-corrected chi connectivity index (χ4v) is 1.70. The molecule has 2 N–H and O–H groups in total. The Hall–Kier alpha value is -2.77. The number of phenols is 1. The molecule has 1 heterocycles. The lowest BCUT2D eigenvalue weighted by Crippen LogP contribution is -2.19. The van der Waals surface area contributed by atoms with Crippen molar-refractivity contribution < 1.29 is 27.8 Å². The first-order valence-electron chi connectivity index (χ1n) is 6.51. The average Bonchev–Trinajstić information content (AvgIpc) is 2.48. The van der Waals surface area contributed by atoms with Crippen LogP contribution in [0.3, 0.4) is 0 Å². The SMILES string of the molecule is Cc1ccc(NC(=O)c2ccc(OCC(F)(F)F)nc2)c(O)c1. The number of alkyl halides is 3. The van der Waals surface area contributed by atoms with Gasteiger partial charge in [-0.3, -0.25) is 4.79 Å². The Balaban J connectivity index is 2.02. The highest BCUT2D eigenvalue weighted by atomic mass is 19.4. The van der Waals surface area contributed by atoms with Crippen molar-refractivity contribution >= 4 is 11.6 Å². The Kier molecular flexibility index (Phi) is 4.73. The topological polar surface area (TPSA) is 71.5 Å². The highest BCUT2D eigenvalue weighted by molar-refractivity contribution is 6.04. The van der Waals surface area contributed by atoms with E-state index in [1.165, 1.54) is 18.2 Å². The lowest BCUT2D eigenvalue weighted by molar-refractivity contribution is -0.154. The van der Waals surface area contributed by atoms with Crippen molar-refractivity contribution in [1.82, 2.24) is 4.98 Å². The third-order valence-electron chi connectivity index (χ3n) is 2.78. The van der Waals surface area contributed by atoms with Crippen LogP contribution in [-0.2, 0) is 0 Å². The predicted octanol–water partition coefficient (Wildman–Crippen LogP) is 3.29. The number of halogens is 3. The summed E-state index contributed by atoms with van der Waals surface area (Å²) in [7, 11) is 0. The second kappa shape index (κ2) is 6.55. The van der Waals surface area contributed by atoms with Crippen LogP contribution < -0.4 is 10.1 Å². The number of ether oxygens (including phenoxy) is 1. The molecular weight excluding hydrogens is 313 g/mol. The molecule has 1 aromatic heterocycles. The van der Waals surface area contributed by atoms with Gasteiger partial charge in [-0.15, -0.1) is 0 Å². The van der Waals surface area contributed by atoms with Gasteiger partial charge >= 0.3 is 6.18 Å². The fraction of sp³-hybridized carbons (Fsp3) is 0.200. The van der Waals surface area contributed by atoms with Gasteiger partial charge in [0.1, 0.15) is 5.75 Å². The number of carbonyl (C=O) groups is 1. The van der Waals surface area contributed by atoms with Crippen LogP contribution in [-0.4, -0.2) is 28.8 Å². The summed E-state index contributed by atoms with van der Waals surface area (Å²) in [5, 5.41) is 12.2. The molecule has 2 aromatic rings. The van der Waals surface area contributed by atoms with Crippen molar-refractivity contribution in [3.63, 3.8) is 0 Å². The van der Waals surface area contributed by atoms with E-state index in [9.17, 15) is 23.1 Å². The number of nitrogens with zero attached hydrogens (tertiary/aromatic N) is 1. The Morgan fingerprint density at radius 1 is 1.30 bits per heavy atom. The zero-order valence-corrected chi connectivity index (χ0v) is 12.0. The molecule has 0 unspecified atom stereocenters. The van der Waals surface area contributed by atoms with Gasteiger partial charge in [-0.1, -0.05) is 6.07 Å². The third-order valence-corrected chi connectivity index (χ3v) is 2.78. The molecule has 1 amide bonds. The Morgan fingerprint density at radius 3 is 2.61 bits per heavy atom. The minimum atomic E-state index is -4.46. The Morgan fingerprint density at radius 2 is 2.04 bits per heavy atom. The first-order chi connectivity index (χ1) is 10.7. The molecule has 0 bridgehead atoms. The maximum atomic E-state index is 12.0. The van der Waals surface area contributed by atoms with Crippen molar-refractivity contribution in [2.24, 2.45) is 0 Å². The van der Waals surface area contributed by atoms with Gasteiger partial charge in [-0.05, 0) is 30.7 Å². The van der Waals surface area contributed by atoms with Crippen molar-refractivity contribution in [2.75, 3.05) is 11.9 Å². The summed E-state index contributed by atoms with van der Waals surface area (Å²) in [5.74, 6) is -0.882.